The van der Waals surface area contributed by atoms with Crippen LogP contribution in [0, 0.1) is 22.7 Å². The van der Waals surface area contributed by atoms with Crippen LogP contribution >= 0.6 is 0 Å². The number of hydrogen-bond donors (Lipinski definition) is 1. The summed E-state index contributed by atoms with van der Waals surface area (Å²) in [5.41, 5.74) is -3.57. The second-order valence-electron chi connectivity index (χ2n) is 6.64. The molecule has 1 N–H and O–H groups in total. The number of allylic oxidation sites excluding steroid dienone is 2. The van der Waals surface area contributed by atoms with E-state index in [4.69, 9.17) is 4.74 Å². The van der Waals surface area contributed by atoms with Gasteiger partial charge in [0, 0.05) is 11.1 Å². The minimum Gasteiger partial charge on any atom is -0.377 e. The van der Waals surface area contributed by atoms with Gasteiger partial charge in [-0.15, -0.1) is 0 Å². The van der Waals surface area contributed by atoms with Gasteiger partial charge in [0.15, 0.2) is 5.84 Å². The normalized spacial score (nSPS) is 21.0. The Kier molecular flexibility index (Phi) is 4.76. The van der Waals surface area contributed by atoms with Gasteiger partial charge in [0.1, 0.15) is 11.5 Å². The third kappa shape index (κ3) is 2.95. The molecule has 1 aromatic rings. The van der Waals surface area contributed by atoms with Crippen LogP contribution in [0.4, 0.5) is 18.9 Å². The molecule has 0 radical (unpaired) electrons. The second kappa shape index (κ2) is 6.79. The summed E-state index contributed by atoms with van der Waals surface area (Å²) in [6, 6.07) is 7.34. The number of amidine groups is 1. The smallest absolute Gasteiger partial charge is 0.377 e. The van der Waals surface area contributed by atoms with Gasteiger partial charge in [0.2, 0.25) is 0 Å². The van der Waals surface area contributed by atoms with Gasteiger partial charge in [0.05, 0.1) is 41.8 Å². The molecule has 0 saturated heterocycles. The first kappa shape index (κ1) is 19.6. The summed E-state index contributed by atoms with van der Waals surface area (Å²) in [6.07, 6.45) is -3.34. The third-order valence-corrected chi connectivity index (χ3v) is 4.54. The zero-order valence-electron chi connectivity index (χ0n) is 14.9. The van der Waals surface area contributed by atoms with Crippen LogP contribution in [-0.4, -0.2) is 35.0 Å². The van der Waals surface area contributed by atoms with Crippen molar-refractivity contribution in [3.05, 3.63) is 52.7 Å². The lowest BCUT2D eigenvalue weighted by atomic mass is 9.69. The molecule has 1 aromatic carbocycles. The lowest BCUT2D eigenvalue weighted by molar-refractivity contribution is -0.195. The summed E-state index contributed by atoms with van der Waals surface area (Å²) in [4.78, 5) is 4.13. The molecule has 0 bridgehead atoms. The fourth-order valence-corrected chi connectivity index (χ4v) is 3.20. The molecule has 0 unspecified atom stereocenters. The summed E-state index contributed by atoms with van der Waals surface area (Å²) in [5, 5.41) is 28.9. The van der Waals surface area contributed by atoms with E-state index in [-0.39, 0.29) is 28.2 Å². The van der Waals surface area contributed by atoms with Crippen LogP contribution in [0.3, 0.4) is 0 Å². The number of rotatable bonds is 3. The maximum absolute atomic E-state index is 14.6. The highest BCUT2D eigenvalue weighted by molar-refractivity contribution is 6.06. The van der Waals surface area contributed by atoms with Gasteiger partial charge in [0.25, 0.3) is 0 Å². The molecule has 144 valence electrons. The molecule has 3 rings (SSSR count). The van der Waals surface area contributed by atoms with Gasteiger partial charge >= 0.3 is 6.18 Å². The van der Waals surface area contributed by atoms with Gasteiger partial charge in [-0.1, -0.05) is 0 Å². The molecule has 0 aliphatic carbocycles. The largest absolute Gasteiger partial charge is 0.404 e. The lowest BCUT2D eigenvalue weighted by Crippen LogP contribution is -2.54. The molecule has 0 fully saturated rings. The second-order valence-corrected chi connectivity index (χ2v) is 6.64. The molecule has 1 atom stereocenters. The number of alkyl halides is 3. The van der Waals surface area contributed by atoms with Crippen molar-refractivity contribution in [3.63, 3.8) is 0 Å². The van der Waals surface area contributed by atoms with Crippen LogP contribution in [0.1, 0.15) is 25.0 Å². The van der Waals surface area contributed by atoms with Crippen molar-refractivity contribution in [2.24, 2.45) is 4.99 Å². The molecular formula is C19H15F3N4O2. The Morgan fingerprint density at radius 3 is 2.57 bits per heavy atom. The third-order valence-electron chi connectivity index (χ3n) is 4.54. The molecule has 6 nitrogen and oxygen atoms in total. The number of halogens is 3. The minimum absolute atomic E-state index is 0.0314. The number of nitriles is 2. The van der Waals surface area contributed by atoms with E-state index in [2.05, 4.69) is 4.99 Å². The highest BCUT2D eigenvalue weighted by atomic mass is 19.4. The van der Waals surface area contributed by atoms with Gasteiger partial charge in [-0.25, -0.2) is 10.1 Å². The number of benzene rings is 1. The maximum atomic E-state index is 14.6. The number of aliphatic imine (C=N–C) groups is 1. The number of hydroxylamine groups is 2. The predicted molar refractivity (Wildman–Crippen MR) is 92.5 cm³/mol. The highest BCUT2D eigenvalue weighted by Crippen LogP contribution is 2.54. The SMILES string of the molecule is CC(C)OC[C@]1(C(F)(F)F)C2=CC(C#N)=CN(O)C2=Nc2ccc(C#N)cc21. The van der Waals surface area contributed by atoms with Crippen molar-refractivity contribution >= 4 is 11.5 Å². The van der Waals surface area contributed by atoms with E-state index in [1.807, 2.05) is 6.07 Å². The Labute approximate surface area is 159 Å². The van der Waals surface area contributed by atoms with Crippen LogP contribution in [0.2, 0.25) is 0 Å². The molecule has 2 aliphatic heterocycles. The maximum Gasteiger partial charge on any atom is 0.404 e. The minimum atomic E-state index is -4.86. The molecule has 28 heavy (non-hydrogen) atoms. The molecule has 0 spiro atoms. The molecular weight excluding hydrogens is 373 g/mol. The van der Waals surface area contributed by atoms with Crippen LogP contribution in [0.25, 0.3) is 0 Å². The van der Waals surface area contributed by atoms with Crippen LogP contribution in [0.15, 0.2) is 46.6 Å². The predicted octanol–water partition coefficient (Wildman–Crippen LogP) is 3.87. The fourth-order valence-electron chi connectivity index (χ4n) is 3.20. The number of ether oxygens (including phenoxy) is 1. The van der Waals surface area contributed by atoms with Crippen molar-refractivity contribution in [1.82, 2.24) is 5.06 Å². The van der Waals surface area contributed by atoms with Gasteiger partial charge in [-0.05, 0) is 38.1 Å². The molecule has 2 heterocycles. The Morgan fingerprint density at radius 1 is 1.29 bits per heavy atom. The van der Waals surface area contributed by atoms with Crippen molar-refractivity contribution in [2.45, 2.75) is 31.5 Å². The molecule has 0 amide bonds. The quantitative estimate of drug-likeness (QED) is 0.849. The van der Waals surface area contributed by atoms with Gasteiger partial charge < -0.3 is 4.74 Å². The molecule has 9 heteroatoms. The van der Waals surface area contributed by atoms with Crippen molar-refractivity contribution in [3.8, 4) is 12.1 Å². The highest BCUT2D eigenvalue weighted by Gasteiger charge is 2.62. The summed E-state index contributed by atoms with van der Waals surface area (Å²) < 4.78 is 49.3. The van der Waals surface area contributed by atoms with Crippen molar-refractivity contribution in [1.29, 1.82) is 10.5 Å². The average Bonchev–Trinajstić information content (AvgIpc) is 2.64. The van der Waals surface area contributed by atoms with Crippen LogP contribution in [0.5, 0.6) is 0 Å². The van der Waals surface area contributed by atoms with E-state index in [0.717, 1.165) is 18.3 Å². The van der Waals surface area contributed by atoms with Gasteiger partial charge in [-0.3, -0.25) is 5.21 Å². The summed E-state index contributed by atoms with van der Waals surface area (Å²) in [5.74, 6) is -0.346. The topological polar surface area (TPSA) is 92.6 Å². The summed E-state index contributed by atoms with van der Waals surface area (Å²) in [7, 11) is 0. The zero-order chi connectivity index (χ0) is 20.7. The first-order valence-electron chi connectivity index (χ1n) is 8.28. The lowest BCUT2D eigenvalue weighted by Gasteiger charge is -2.43. The number of hydrogen-bond acceptors (Lipinski definition) is 6. The van der Waals surface area contributed by atoms with Crippen molar-refractivity contribution < 1.29 is 23.1 Å². The molecule has 0 saturated carbocycles. The number of nitrogens with zero attached hydrogens (tertiary/aromatic N) is 4. The van der Waals surface area contributed by atoms with E-state index in [1.54, 1.807) is 19.9 Å². The molecule has 2 aliphatic rings. The van der Waals surface area contributed by atoms with E-state index >= 15 is 0 Å². The van der Waals surface area contributed by atoms with E-state index in [0.29, 0.717) is 5.06 Å². The first-order chi connectivity index (χ1) is 13.1. The first-order valence-corrected chi connectivity index (χ1v) is 8.28. The van der Waals surface area contributed by atoms with E-state index in [9.17, 15) is 28.9 Å². The van der Waals surface area contributed by atoms with Crippen molar-refractivity contribution in [2.75, 3.05) is 6.61 Å². The Bertz CT molecular complexity index is 996. The Morgan fingerprint density at radius 2 is 2.00 bits per heavy atom. The standard InChI is InChI=1S/C19H15F3N4O2/c1-11(2)28-10-18(19(20,21)22)14-5-12(7-23)3-4-16(14)25-17-15(18)6-13(8-24)9-26(17)27/h3-6,9,11,27H,10H2,1-2H3/t18-/m1/s1. The Balaban J connectivity index is 2.40. The zero-order valence-corrected chi connectivity index (χ0v) is 14.9. The molecule has 0 aromatic heterocycles. The van der Waals surface area contributed by atoms with Crippen LogP contribution in [-0.2, 0) is 10.2 Å². The van der Waals surface area contributed by atoms with Crippen LogP contribution < -0.4 is 0 Å². The number of fused-ring (bicyclic) bond motifs is 2. The summed E-state index contributed by atoms with van der Waals surface area (Å²) >= 11 is 0. The Hall–Kier alpha value is -3.14. The van der Waals surface area contributed by atoms with Gasteiger partial charge in [-0.2, -0.15) is 23.7 Å². The van der Waals surface area contributed by atoms with E-state index in [1.165, 1.54) is 12.1 Å². The fraction of sp³-hybridized carbons (Fsp3) is 0.316. The summed E-state index contributed by atoms with van der Waals surface area (Å²) in [6.45, 7) is 2.40. The monoisotopic (exact) mass is 388 g/mol. The van der Waals surface area contributed by atoms with E-state index < -0.39 is 29.9 Å². The average molecular weight is 388 g/mol.